The SMILES string of the molecule is CCOC1CC(CC(Cc2cccc(Br)c2)NC)C1. The van der Waals surface area contributed by atoms with Crippen molar-refractivity contribution in [3.05, 3.63) is 34.3 Å². The van der Waals surface area contributed by atoms with Gasteiger partial charge in [-0.15, -0.1) is 0 Å². The van der Waals surface area contributed by atoms with Crippen molar-refractivity contribution in [2.75, 3.05) is 13.7 Å². The maximum Gasteiger partial charge on any atom is 0.0580 e. The lowest BCUT2D eigenvalue weighted by atomic mass is 9.77. The smallest absolute Gasteiger partial charge is 0.0580 e. The van der Waals surface area contributed by atoms with Gasteiger partial charge in [-0.25, -0.2) is 0 Å². The van der Waals surface area contributed by atoms with Gasteiger partial charge in [-0.3, -0.25) is 0 Å². The molecule has 1 atom stereocenters. The Kier molecular flexibility index (Phi) is 5.86. The molecule has 0 heterocycles. The van der Waals surface area contributed by atoms with Crippen LogP contribution in [0.25, 0.3) is 0 Å². The van der Waals surface area contributed by atoms with E-state index < -0.39 is 0 Å². The predicted molar refractivity (Wildman–Crippen MR) is 83.4 cm³/mol. The molecule has 0 aliphatic heterocycles. The van der Waals surface area contributed by atoms with E-state index in [2.05, 4.69) is 59.5 Å². The average Bonchev–Trinajstić information content (AvgIpc) is 2.35. The quantitative estimate of drug-likeness (QED) is 0.823. The summed E-state index contributed by atoms with van der Waals surface area (Å²) < 4.78 is 6.80. The third kappa shape index (κ3) is 4.59. The van der Waals surface area contributed by atoms with E-state index >= 15 is 0 Å². The first kappa shape index (κ1) is 15.0. The van der Waals surface area contributed by atoms with Crippen LogP contribution in [-0.2, 0) is 11.2 Å². The van der Waals surface area contributed by atoms with E-state index in [1.165, 1.54) is 29.3 Å². The van der Waals surface area contributed by atoms with Gasteiger partial charge in [-0.2, -0.15) is 0 Å². The summed E-state index contributed by atoms with van der Waals surface area (Å²) in [5.74, 6) is 0.834. The molecule has 1 fully saturated rings. The van der Waals surface area contributed by atoms with Gasteiger partial charge in [-0.05, 0) is 63.3 Å². The minimum atomic E-state index is 0.526. The minimum absolute atomic E-state index is 0.526. The third-order valence-electron chi connectivity index (χ3n) is 3.99. The summed E-state index contributed by atoms with van der Waals surface area (Å²) in [4.78, 5) is 0. The normalized spacial score (nSPS) is 23.9. The summed E-state index contributed by atoms with van der Waals surface area (Å²) in [6.07, 6.45) is 5.37. The molecule has 1 N–H and O–H groups in total. The highest BCUT2D eigenvalue weighted by Crippen LogP contribution is 2.34. The number of benzene rings is 1. The molecule has 3 heteroatoms. The Bertz CT molecular complexity index is 390. The van der Waals surface area contributed by atoms with Crippen molar-refractivity contribution < 1.29 is 4.74 Å². The van der Waals surface area contributed by atoms with Gasteiger partial charge in [0.25, 0.3) is 0 Å². The second-order valence-corrected chi connectivity index (χ2v) is 6.39. The molecule has 1 aliphatic rings. The minimum Gasteiger partial charge on any atom is -0.378 e. The molecule has 1 unspecified atom stereocenters. The summed E-state index contributed by atoms with van der Waals surface area (Å²) >= 11 is 3.54. The number of hydrogen-bond acceptors (Lipinski definition) is 2. The van der Waals surface area contributed by atoms with E-state index in [1.807, 2.05) is 0 Å². The molecule has 0 spiro atoms. The monoisotopic (exact) mass is 325 g/mol. The third-order valence-corrected chi connectivity index (χ3v) is 4.49. The van der Waals surface area contributed by atoms with Crippen LogP contribution >= 0.6 is 15.9 Å². The van der Waals surface area contributed by atoms with Crippen molar-refractivity contribution in [2.24, 2.45) is 5.92 Å². The summed E-state index contributed by atoms with van der Waals surface area (Å²) in [5.41, 5.74) is 1.40. The molecule has 0 amide bonds. The van der Waals surface area contributed by atoms with Gasteiger partial charge in [0, 0.05) is 17.1 Å². The molecule has 0 bridgehead atoms. The van der Waals surface area contributed by atoms with E-state index in [0.29, 0.717) is 12.1 Å². The second kappa shape index (κ2) is 7.41. The lowest BCUT2D eigenvalue weighted by Crippen LogP contribution is -2.38. The van der Waals surface area contributed by atoms with Crippen LogP contribution in [0.3, 0.4) is 0 Å². The topological polar surface area (TPSA) is 21.3 Å². The zero-order valence-corrected chi connectivity index (χ0v) is 13.4. The van der Waals surface area contributed by atoms with Crippen LogP contribution in [-0.4, -0.2) is 25.8 Å². The molecule has 1 aromatic rings. The zero-order valence-electron chi connectivity index (χ0n) is 11.9. The number of hydrogen-bond donors (Lipinski definition) is 1. The lowest BCUT2D eigenvalue weighted by molar-refractivity contribution is -0.0288. The summed E-state index contributed by atoms with van der Waals surface area (Å²) in [7, 11) is 2.07. The molecule has 1 saturated carbocycles. The van der Waals surface area contributed by atoms with Crippen LogP contribution in [0.5, 0.6) is 0 Å². The molecule has 19 heavy (non-hydrogen) atoms. The highest BCUT2D eigenvalue weighted by atomic mass is 79.9. The van der Waals surface area contributed by atoms with Crippen LogP contribution in [0.15, 0.2) is 28.7 Å². The van der Waals surface area contributed by atoms with E-state index in [9.17, 15) is 0 Å². The van der Waals surface area contributed by atoms with Crippen LogP contribution in [0.4, 0.5) is 0 Å². The Balaban J connectivity index is 1.78. The highest BCUT2D eigenvalue weighted by molar-refractivity contribution is 9.10. The van der Waals surface area contributed by atoms with Crippen LogP contribution in [0.1, 0.15) is 31.7 Å². The van der Waals surface area contributed by atoms with Crippen molar-refractivity contribution in [3.8, 4) is 0 Å². The van der Waals surface area contributed by atoms with Gasteiger partial charge < -0.3 is 10.1 Å². The van der Waals surface area contributed by atoms with Crippen molar-refractivity contribution >= 4 is 15.9 Å². The number of likely N-dealkylation sites (N-methyl/N-ethyl adjacent to an activating group) is 1. The fourth-order valence-electron chi connectivity index (χ4n) is 2.89. The number of nitrogens with one attached hydrogen (secondary N) is 1. The average molecular weight is 326 g/mol. The summed E-state index contributed by atoms with van der Waals surface area (Å²) in [5, 5.41) is 3.46. The fourth-order valence-corrected chi connectivity index (χ4v) is 3.34. The van der Waals surface area contributed by atoms with Crippen LogP contribution in [0.2, 0.25) is 0 Å². The molecule has 2 rings (SSSR count). The molecule has 0 saturated heterocycles. The van der Waals surface area contributed by atoms with E-state index in [-0.39, 0.29) is 0 Å². The number of ether oxygens (including phenoxy) is 1. The maximum atomic E-state index is 5.63. The Morgan fingerprint density at radius 2 is 2.21 bits per heavy atom. The Morgan fingerprint density at radius 1 is 1.42 bits per heavy atom. The maximum absolute atomic E-state index is 5.63. The molecule has 0 aromatic heterocycles. The van der Waals surface area contributed by atoms with E-state index in [1.54, 1.807) is 0 Å². The molecule has 1 aliphatic carbocycles. The van der Waals surface area contributed by atoms with Crippen molar-refractivity contribution in [1.82, 2.24) is 5.32 Å². The van der Waals surface area contributed by atoms with Gasteiger partial charge in [0.15, 0.2) is 0 Å². The zero-order chi connectivity index (χ0) is 13.7. The number of rotatable bonds is 7. The highest BCUT2D eigenvalue weighted by Gasteiger charge is 2.30. The molecule has 2 nitrogen and oxygen atoms in total. The first-order valence-corrected chi connectivity index (χ1v) is 8.03. The lowest BCUT2D eigenvalue weighted by Gasteiger charge is -2.37. The molecule has 106 valence electrons. The molecular formula is C16H24BrNO. The van der Waals surface area contributed by atoms with Crippen molar-refractivity contribution in [1.29, 1.82) is 0 Å². The van der Waals surface area contributed by atoms with Crippen LogP contribution in [0, 0.1) is 5.92 Å². The Hall–Kier alpha value is -0.380. The second-order valence-electron chi connectivity index (χ2n) is 5.47. The molecule has 1 aromatic carbocycles. The molecular weight excluding hydrogens is 302 g/mol. The van der Waals surface area contributed by atoms with Gasteiger partial charge in [0.1, 0.15) is 0 Å². The van der Waals surface area contributed by atoms with Crippen molar-refractivity contribution in [2.45, 2.75) is 44.8 Å². The molecule has 0 radical (unpaired) electrons. The Morgan fingerprint density at radius 3 is 2.84 bits per heavy atom. The van der Waals surface area contributed by atoms with E-state index in [0.717, 1.165) is 18.9 Å². The number of halogens is 1. The van der Waals surface area contributed by atoms with E-state index in [4.69, 9.17) is 4.74 Å². The largest absolute Gasteiger partial charge is 0.378 e. The van der Waals surface area contributed by atoms with Crippen LogP contribution < -0.4 is 5.32 Å². The summed E-state index contributed by atoms with van der Waals surface area (Å²) in [6.45, 7) is 2.93. The standard InChI is InChI=1S/C16H24BrNO/c1-3-19-16-10-13(11-16)9-15(18-2)8-12-5-4-6-14(17)7-12/h4-7,13,15-16,18H,3,8-11H2,1-2H3. The Labute approximate surface area is 125 Å². The fraction of sp³-hybridized carbons (Fsp3) is 0.625. The van der Waals surface area contributed by atoms with Gasteiger partial charge >= 0.3 is 0 Å². The van der Waals surface area contributed by atoms with Gasteiger partial charge in [0.05, 0.1) is 6.10 Å². The van der Waals surface area contributed by atoms with Gasteiger partial charge in [-0.1, -0.05) is 28.1 Å². The first-order chi connectivity index (χ1) is 9.21. The first-order valence-electron chi connectivity index (χ1n) is 7.24. The predicted octanol–water partition coefficient (Wildman–Crippen LogP) is 3.78. The summed E-state index contributed by atoms with van der Waals surface area (Å²) in [6, 6.07) is 9.19. The van der Waals surface area contributed by atoms with Crippen molar-refractivity contribution in [3.63, 3.8) is 0 Å². The van der Waals surface area contributed by atoms with Gasteiger partial charge in [0.2, 0.25) is 0 Å².